The summed E-state index contributed by atoms with van der Waals surface area (Å²) in [4.78, 5) is 14.8. The molecule has 1 unspecified atom stereocenters. The van der Waals surface area contributed by atoms with Crippen molar-refractivity contribution in [2.24, 2.45) is 0 Å². The second kappa shape index (κ2) is 9.13. The number of fused-ring (bicyclic) bond motifs is 1. The van der Waals surface area contributed by atoms with E-state index in [1.807, 2.05) is 48.3 Å². The van der Waals surface area contributed by atoms with E-state index in [9.17, 15) is 4.79 Å². The molecular formula is C24H32N2O2. The Morgan fingerprint density at radius 2 is 1.68 bits per heavy atom. The minimum Gasteiger partial charge on any atom is -0.494 e. The third-order valence-corrected chi connectivity index (χ3v) is 5.74. The fraction of sp³-hybridized carbons (Fsp3) is 0.458. The molecule has 1 N–H and O–H groups in total. The third kappa shape index (κ3) is 4.01. The van der Waals surface area contributed by atoms with Crippen LogP contribution in [0.2, 0.25) is 0 Å². The number of amides is 1. The van der Waals surface area contributed by atoms with E-state index in [0.29, 0.717) is 0 Å². The van der Waals surface area contributed by atoms with Gasteiger partial charge in [0, 0.05) is 12.7 Å². The molecule has 0 aliphatic carbocycles. The number of para-hydroxylation sites is 1. The topological polar surface area (TPSA) is 41.6 Å². The molecule has 0 radical (unpaired) electrons. The van der Waals surface area contributed by atoms with E-state index in [4.69, 9.17) is 4.74 Å². The Labute approximate surface area is 168 Å². The molecular weight excluding hydrogens is 348 g/mol. The van der Waals surface area contributed by atoms with Crippen LogP contribution in [0.15, 0.2) is 48.5 Å². The average molecular weight is 381 g/mol. The van der Waals surface area contributed by atoms with E-state index in [1.54, 1.807) is 0 Å². The standard InChI is InChI=1S/C24H32N2O2/c1-4-6-7-8-11-18-28-20-16-14-19(15-17-20)24(5-2)25-22-13-10-9-12-21(22)23(27)26(24)3/h9-10,12-17,25H,4-8,11,18H2,1-3H3. The molecule has 1 amide bonds. The van der Waals surface area contributed by atoms with Gasteiger partial charge in [-0.05, 0) is 42.7 Å². The smallest absolute Gasteiger partial charge is 0.257 e. The number of nitrogens with zero attached hydrogens (tertiary/aromatic N) is 1. The number of rotatable bonds is 9. The van der Waals surface area contributed by atoms with Crippen LogP contribution in [0.3, 0.4) is 0 Å². The first kappa shape index (κ1) is 20.2. The van der Waals surface area contributed by atoms with Gasteiger partial charge in [-0.25, -0.2) is 0 Å². The maximum Gasteiger partial charge on any atom is 0.257 e. The summed E-state index contributed by atoms with van der Waals surface area (Å²) in [5.74, 6) is 0.930. The van der Waals surface area contributed by atoms with Crippen LogP contribution in [-0.4, -0.2) is 24.5 Å². The van der Waals surface area contributed by atoms with Crippen molar-refractivity contribution >= 4 is 11.6 Å². The van der Waals surface area contributed by atoms with Gasteiger partial charge in [0.15, 0.2) is 0 Å². The van der Waals surface area contributed by atoms with E-state index in [-0.39, 0.29) is 5.91 Å². The third-order valence-electron chi connectivity index (χ3n) is 5.74. The quantitative estimate of drug-likeness (QED) is 0.559. The van der Waals surface area contributed by atoms with Crippen LogP contribution in [0.1, 0.15) is 68.3 Å². The number of nitrogens with one attached hydrogen (secondary N) is 1. The van der Waals surface area contributed by atoms with Gasteiger partial charge in [0.25, 0.3) is 5.91 Å². The molecule has 3 rings (SSSR count). The zero-order chi connectivity index (χ0) is 20.0. The van der Waals surface area contributed by atoms with Crippen LogP contribution in [0.5, 0.6) is 5.75 Å². The zero-order valence-corrected chi connectivity index (χ0v) is 17.3. The molecule has 0 aromatic heterocycles. The summed E-state index contributed by atoms with van der Waals surface area (Å²) in [6.07, 6.45) is 6.93. The lowest BCUT2D eigenvalue weighted by Crippen LogP contribution is -2.55. The molecule has 0 saturated heterocycles. The van der Waals surface area contributed by atoms with Gasteiger partial charge < -0.3 is 15.0 Å². The van der Waals surface area contributed by atoms with Crippen LogP contribution in [0, 0.1) is 0 Å². The van der Waals surface area contributed by atoms with Crippen molar-refractivity contribution in [3.05, 3.63) is 59.7 Å². The number of benzene rings is 2. The normalized spacial score (nSPS) is 18.5. The van der Waals surface area contributed by atoms with E-state index < -0.39 is 5.66 Å². The average Bonchev–Trinajstić information content (AvgIpc) is 2.74. The molecule has 28 heavy (non-hydrogen) atoms. The second-order valence-corrected chi connectivity index (χ2v) is 7.54. The summed E-state index contributed by atoms with van der Waals surface area (Å²) >= 11 is 0. The van der Waals surface area contributed by atoms with E-state index in [1.165, 1.54) is 25.7 Å². The Bertz CT molecular complexity index is 787. The summed E-state index contributed by atoms with van der Waals surface area (Å²) in [6.45, 7) is 5.09. The first-order chi connectivity index (χ1) is 13.6. The molecule has 150 valence electrons. The second-order valence-electron chi connectivity index (χ2n) is 7.54. The Morgan fingerprint density at radius 3 is 2.39 bits per heavy atom. The highest BCUT2D eigenvalue weighted by Crippen LogP contribution is 2.39. The van der Waals surface area contributed by atoms with Crippen LogP contribution in [0.4, 0.5) is 5.69 Å². The Hall–Kier alpha value is -2.49. The van der Waals surface area contributed by atoms with Crippen molar-refractivity contribution < 1.29 is 9.53 Å². The molecule has 1 atom stereocenters. The molecule has 1 aliphatic heterocycles. The molecule has 0 saturated carbocycles. The van der Waals surface area contributed by atoms with Gasteiger partial charge in [0.1, 0.15) is 11.4 Å². The lowest BCUT2D eigenvalue weighted by molar-refractivity contribution is 0.0572. The van der Waals surface area contributed by atoms with Crippen molar-refractivity contribution in [3.63, 3.8) is 0 Å². The van der Waals surface area contributed by atoms with Gasteiger partial charge in [0.05, 0.1) is 12.2 Å². The first-order valence-corrected chi connectivity index (χ1v) is 10.5. The first-order valence-electron chi connectivity index (χ1n) is 10.5. The predicted octanol–water partition coefficient (Wildman–Crippen LogP) is 5.80. The fourth-order valence-corrected chi connectivity index (χ4v) is 3.96. The molecule has 1 aliphatic rings. The highest BCUT2D eigenvalue weighted by atomic mass is 16.5. The molecule has 0 bridgehead atoms. The Morgan fingerprint density at radius 1 is 0.964 bits per heavy atom. The number of anilines is 1. The summed E-state index contributed by atoms with van der Waals surface area (Å²) in [5, 5.41) is 3.61. The number of unbranched alkanes of at least 4 members (excludes halogenated alkanes) is 4. The fourth-order valence-electron chi connectivity index (χ4n) is 3.96. The molecule has 2 aromatic rings. The number of hydrogen-bond acceptors (Lipinski definition) is 3. The van der Waals surface area contributed by atoms with Crippen LogP contribution in [-0.2, 0) is 5.66 Å². The van der Waals surface area contributed by atoms with Crippen molar-refractivity contribution in [2.75, 3.05) is 19.0 Å². The maximum atomic E-state index is 12.9. The molecule has 4 nitrogen and oxygen atoms in total. The molecule has 1 heterocycles. The lowest BCUT2D eigenvalue weighted by atomic mass is 9.90. The van der Waals surface area contributed by atoms with E-state index in [0.717, 1.165) is 42.0 Å². The number of carbonyl (C=O) groups excluding carboxylic acids is 1. The highest BCUT2D eigenvalue weighted by Gasteiger charge is 2.42. The Kier molecular flexibility index (Phi) is 6.61. The van der Waals surface area contributed by atoms with Crippen molar-refractivity contribution in [2.45, 2.75) is 58.0 Å². The van der Waals surface area contributed by atoms with Gasteiger partial charge in [-0.3, -0.25) is 4.79 Å². The van der Waals surface area contributed by atoms with Crippen LogP contribution in [0.25, 0.3) is 0 Å². The minimum atomic E-state index is -0.551. The van der Waals surface area contributed by atoms with Gasteiger partial charge >= 0.3 is 0 Å². The summed E-state index contributed by atoms with van der Waals surface area (Å²) in [6, 6.07) is 15.9. The SMILES string of the molecule is CCCCCCCOc1ccc(C2(CC)Nc3ccccc3C(=O)N2C)cc1. The van der Waals surface area contributed by atoms with Gasteiger partial charge in [-0.1, -0.05) is 63.8 Å². The van der Waals surface area contributed by atoms with Crippen molar-refractivity contribution in [1.82, 2.24) is 4.90 Å². The molecule has 2 aromatic carbocycles. The van der Waals surface area contributed by atoms with Crippen molar-refractivity contribution in [1.29, 1.82) is 0 Å². The molecule has 4 heteroatoms. The van der Waals surface area contributed by atoms with Crippen LogP contribution < -0.4 is 10.1 Å². The van der Waals surface area contributed by atoms with Crippen molar-refractivity contribution in [3.8, 4) is 5.75 Å². The molecule has 0 spiro atoms. The maximum absolute atomic E-state index is 12.9. The largest absolute Gasteiger partial charge is 0.494 e. The Balaban J connectivity index is 1.72. The predicted molar refractivity (Wildman–Crippen MR) is 115 cm³/mol. The lowest BCUT2D eigenvalue weighted by Gasteiger charge is -2.46. The van der Waals surface area contributed by atoms with Gasteiger partial charge in [0.2, 0.25) is 0 Å². The minimum absolute atomic E-state index is 0.0450. The zero-order valence-electron chi connectivity index (χ0n) is 17.3. The number of hydrogen-bond donors (Lipinski definition) is 1. The molecule has 0 fully saturated rings. The van der Waals surface area contributed by atoms with Crippen LogP contribution >= 0.6 is 0 Å². The van der Waals surface area contributed by atoms with E-state index >= 15 is 0 Å². The summed E-state index contributed by atoms with van der Waals surface area (Å²) in [5.41, 5.74) is 2.12. The summed E-state index contributed by atoms with van der Waals surface area (Å²) in [7, 11) is 1.87. The monoisotopic (exact) mass is 380 g/mol. The van der Waals surface area contributed by atoms with Gasteiger partial charge in [-0.2, -0.15) is 0 Å². The number of ether oxygens (including phenoxy) is 1. The summed E-state index contributed by atoms with van der Waals surface area (Å²) < 4.78 is 5.90. The van der Waals surface area contributed by atoms with E-state index in [2.05, 4.69) is 31.3 Å². The number of carbonyl (C=O) groups is 1. The van der Waals surface area contributed by atoms with Gasteiger partial charge in [-0.15, -0.1) is 0 Å². The highest BCUT2D eigenvalue weighted by molar-refractivity contribution is 6.02.